The summed E-state index contributed by atoms with van der Waals surface area (Å²) in [6.45, 7) is 13.3. The summed E-state index contributed by atoms with van der Waals surface area (Å²) in [5.74, 6) is -0.0797. The molecule has 10 aromatic rings. The van der Waals surface area contributed by atoms with Gasteiger partial charge in [0.25, 0.3) is 11.8 Å². The number of fused-ring (bicyclic) bond motifs is 4. The lowest BCUT2D eigenvalue weighted by Gasteiger charge is -2.19. The summed E-state index contributed by atoms with van der Waals surface area (Å²) in [4.78, 5) is 100. The number of nitrogens with one attached hydrogen (secondary N) is 6. The second-order valence-corrected chi connectivity index (χ2v) is 17.3. The lowest BCUT2D eigenvalue weighted by Crippen LogP contribution is -2.31. The van der Waals surface area contributed by atoms with E-state index in [4.69, 9.17) is 15.0 Å². The van der Waals surface area contributed by atoms with Gasteiger partial charge >= 0.3 is 0 Å². The molecule has 1 unspecified atom stereocenters. The Bertz CT molecular complexity index is 3740. The molecule has 10 rings (SSSR count). The van der Waals surface area contributed by atoms with Gasteiger partial charge in [0.15, 0.2) is 22.9 Å². The van der Waals surface area contributed by atoms with Gasteiger partial charge in [-0.1, -0.05) is 13.8 Å². The second kappa shape index (κ2) is 19.8. The molecule has 0 aromatic carbocycles. The molecule has 0 aliphatic carbocycles. The van der Waals surface area contributed by atoms with E-state index in [9.17, 15) is 19.2 Å². The van der Waals surface area contributed by atoms with Crippen LogP contribution in [0, 0.1) is 5.92 Å². The van der Waals surface area contributed by atoms with Crippen molar-refractivity contribution in [3.8, 4) is 45.3 Å². The fraction of sp³-hybridized carbons (Fsp3) is 0.255. The quantitative estimate of drug-likeness (QED) is 0.0552. The van der Waals surface area contributed by atoms with Crippen LogP contribution < -0.4 is 10.6 Å². The van der Waals surface area contributed by atoms with E-state index in [1.807, 2.05) is 52.0 Å². The highest BCUT2D eigenvalue weighted by atomic mass is 16.2. The van der Waals surface area contributed by atoms with Gasteiger partial charge in [0.2, 0.25) is 11.8 Å². The smallest absolute Gasteiger partial charge is 0.257 e. The van der Waals surface area contributed by atoms with Crippen molar-refractivity contribution in [2.75, 3.05) is 36.8 Å². The highest BCUT2D eigenvalue weighted by Gasteiger charge is 2.26. The molecule has 22 nitrogen and oxygen atoms in total. The van der Waals surface area contributed by atoms with E-state index >= 15 is 0 Å². The van der Waals surface area contributed by atoms with Crippen molar-refractivity contribution in [1.29, 1.82) is 0 Å². The molecule has 4 amide bonds. The van der Waals surface area contributed by atoms with Gasteiger partial charge in [-0.15, -0.1) is 0 Å². The molecule has 0 aliphatic heterocycles. The highest BCUT2D eigenvalue weighted by molar-refractivity contribution is 6.07. The van der Waals surface area contributed by atoms with Gasteiger partial charge < -0.3 is 30.4 Å². The minimum atomic E-state index is -0.598. The van der Waals surface area contributed by atoms with Crippen LogP contribution in [-0.2, 0) is 16.0 Å². The number of anilines is 2. The fourth-order valence-corrected chi connectivity index (χ4v) is 8.71. The van der Waals surface area contributed by atoms with Crippen LogP contribution in [0.1, 0.15) is 74.4 Å². The minimum absolute atomic E-state index is 0.133. The maximum Gasteiger partial charge on any atom is 0.257 e. The normalized spacial score (nSPS) is 11.9. The first-order chi connectivity index (χ1) is 35.5. The van der Waals surface area contributed by atoms with Gasteiger partial charge in [-0.2, -0.15) is 10.2 Å². The Morgan fingerprint density at radius 1 is 0.603 bits per heavy atom. The molecule has 368 valence electrons. The summed E-state index contributed by atoms with van der Waals surface area (Å²) in [7, 11) is 0. The average molecular weight is 979 g/mol. The van der Waals surface area contributed by atoms with Crippen LogP contribution >= 0.6 is 0 Å². The molecule has 0 saturated carbocycles. The molecule has 0 saturated heterocycles. The molecule has 0 spiro atoms. The molecular weight excluding hydrogens is 929 g/mol. The summed E-state index contributed by atoms with van der Waals surface area (Å²) >= 11 is 0. The molecule has 10 heterocycles. The third kappa shape index (κ3) is 9.04. The van der Waals surface area contributed by atoms with E-state index in [2.05, 4.69) is 65.9 Å². The lowest BCUT2D eigenvalue weighted by molar-refractivity contribution is -0.119. The lowest BCUT2D eigenvalue weighted by atomic mass is 10.0. The Balaban J connectivity index is 0.911. The topological polar surface area (TPSA) is 291 Å². The Kier molecular flexibility index (Phi) is 12.8. The molecule has 0 aliphatic rings. The molecule has 0 fully saturated rings. The molecule has 6 N–H and O–H groups in total. The number of amides is 4. The first-order valence-corrected chi connectivity index (χ1v) is 24.0. The maximum atomic E-state index is 14.0. The molecule has 1 atom stereocenters. The van der Waals surface area contributed by atoms with Crippen LogP contribution in [0.25, 0.3) is 89.4 Å². The number of hydrogen-bond acceptors (Lipinski definition) is 14. The van der Waals surface area contributed by atoms with Gasteiger partial charge in [0.1, 0.15) is 28.2 Å². The Morgan fingerprint density at radius 2 is 1.19 bits per heavy atom. The minimum Gasteiger partial charge on any atom is -0.339 e. The summed E-state index contributed by atoms with van der Waals surface area (Å²) in [5, 5.41) is 22.1. The number of aromatic amines is 4. The van der Waals surface area contributed by atoms with E-state index in [0.717, 1.165) is 11.1 Å². The highest BCUT2D eigenvalue weighted by Crippen LogP contribution is 2.33. The first kappa shape index (κ1) is 47.3. The van der Waals surface area contributed by atoms with E-state index in [0.29, 0.717) is 139 Å². The van der Waals surface area contributed by atoms with Gasteiger partial charge in [-0.3, -0.25) is 44.3 Å². The first-order valence-electron chi connectivity index (χ1n) is 24.0. The largest absolute Gasteiger partial charge is 0.339 e. The van der Waals surface area contributed by atoms with Gasteiger partial charge in [0, 0.05) is 104 Å². The monoisotopic (exact) mass is 978 g/mol. The van der Waals surface area contributed by atoms with Gasteiger partial charge in [-0.05, 0) is 58.0 Å². The number of pyridine rings is 6. The van der Waals surface area contributed by atoms with Crippen LogP contribution in [0.2, 0.25) is 0 Å². The molecule has 0 bridgehead atoms. The van der Waals surface area contributed by atoms with Gasteiger partial charge in [0.05, 0.1) is 56.7 Å². The van der Waals surface area contributed by atoms with Crippen molar-refractivity contribution in [2.24, 2.45) is 5.92 Å². The van der Waals surface area contributed by atoms with Crippen molar-refractivity contribution < 1.29 is 19.2 Å². The standard InChI is InChI=1S/C51H50N18O4/c1-7-39(70)60-38-13-12-27(19-55-38)29-16-32-43(65-67-45(32)56-20-29)48-62-41-35(51(73)69(10-4)11-5)24-54-36(44(41)63-48)14-26(6)49(71)58-31-15-28(18-52-22-31)30-17-33-42(64-66-46(33)57-21-30)47-59-37-25-53-23-34(40(37)61-47)50(72)68(8-2)9-3/h12-13,15-26H,7-11,14H2,1-6H3,(H,58,71)(H,59,61)(H,62,63)(H,55,60,70)(H,56,65,67)(H,57,64,66). The predicted octanol–water partition coefficient (Wildman–Crippen LogP) is 7.36. The number of carbonyl (C=O) groups is 4. The third-order valence-electron chi connectivity index (χ3n) is 12.8. The van der Waals surface area contributed by atoms with Gasteiger partial charge in [-0.25, -0.2) is 24.9 Å². The number of aromatic nitrogens is 14. The maximum absolute atomic E-state index is 14.0. The fourth-order valence-electron chi connectivity index (χ4n) is 8.71. The molecule has 22 heteroatoms. The number of carbonyl (C=O) groups excluding carboxylic acids is 4. The number of hydrogen-bond donors (Lipinski definition) is 6. The van der Waals surface area contributed by atoms with Crippen LogP contribution in [0.15, 0.2) is 79.9 Å². The van der Waals surface area contributed by atoms with E-state index in [1.54, 1.807) is 66.9 Å². The zero-order chi connectivity index (χ0) is 50.9. The van der Waals surface area contributed by atoms with E-state index in [1.165, 1.54) is 12.4 Å². The SMILES string of the molecule is CCC(=O)Nc1ccc(-c2cnc3n[nH]c(-c4nc5c(C(=O)N(CC)CC)cnc(CC(C)C(=O)Nc6cncc(-c7cnc8n[nH]c(-c9nc%10c(C(=O)N(CC)CC)cncc%10[nH]9)c8c7)c6)c5[nH]4)c3c2)cn1. The molecule has 0 radical (unpaired) electrons. The average Bonchev–Trinajstić information content (AvgIpc) is 4.24. The van der Waals surface area contributed by atoms with Crippen molar-refractivity contribution in [1.82, 2.24) is 80.0 Å². The number of H-pyrrole nitrogens is 4. The van der Waals surface area contributed by atoms with Crippen LogP contribution in [0.5, 0.6) is 0 Å². The second-order valence-electron chi connectivity index (χ2n) is 17.3. The van der Waals surface area contributed by atoms with Crippen molar-refractivity contribution in [3.05, 3.63) is 96.7 Å². The Morgan fingerprint density at radius 3 is 1.82 bits per heavy atom. The zero-order valence-electron chi connectivity index (χ0n) is 40.8. The zero-order valence-corrected chi connectivity index (χ0v) is 40.8. The number of rotatable bonds is 16. The number of nitrogens with zero attached hydrogens (tertiary/aromatic N) is 12. The summed E-state index contributed by atoms with van der Waals surface area (Å²) in [6, 6.07) is 9.24. The van der Waals surface area contributed by atoms with Crippen molar-refractivity contribution >= 4 is 79.3 Å². The summed E-state index contributed by atoms with van der Waals surface area (Å²) in [5.41, 5.74) is 8.68. The Labute approximate surface area is 416 Å². The van der Waals surface area contributed by atoms with Crippen molar-refractivity contribution in [3.63, 3.8) is 0 Å². The third-order valence-corrected chi connectivity index (χ3v) is 12.8. The van der Waals surface area contributed by atoms with E-state index in [-0.39, 0.29) is 30.0 Å². The summed E-state index contributed by atoms with van der Waals surface area (Å²) < 4.78 is 0. The Hall–Kier alpha value is -9.34. The molecule has 73 heavy (non-hydrogen) atoms. The predicted molar refractivity (Wildman–Crippen MR) is 275 cm³/mol. The summed E-state index contributed by atoms with van der Waals surface area (Å²) in [6.07, 6.45) is 13.5. The van der Waals surface area contributed by atoms with Crippen LogP contribution in [0.4, 0.5) is 11.5 Å². The van der Waals surface area contributed by atoms with Crippen LogP contribution in [-0.4, -0.2) is 130 Å². The van der Waals surface area contributed by atoms with Crippen molar-refractivity contribution in [2.45, 2.75) is 54.4 Å². The van der Waals surface area contributed by atoms with E-state index < -0.39 is 5.92 Å². The molecular formula is C51H50N18O4. The van der Waals surface area contributed by atoms with Crippen LogP contribution in [0.3, 0.4) is 0 Å². The number of imidazole rings is 2. The molecule has 10 aromatic heterocycles.